The molecule has 2 amide bonds. The van der Waals surface area contributed by atoms with Gasteiger partial charge >= 0.3 is 0 Å². The Balaban J connectivity index is 1.81. The van der Waals surface area contributed by atoms with E-state index in [1.165, 1.54) is 4.90 Å². The molecule has 0 bridgehead atoms. The zero-order valence-corrected chi connectivity index (χ0v) is 13.4. The van der Waals surface area contributed by atoms with Gasteiger partial charge in [0, 0.05) is 30.4 Å². The summed E-state index contributed by atoms with van der Waals surface area (Å²) < 4.78 is 1.94. The number of imide groups is 1. The van der Waals surface area contributed by atoms with Gasteiger partial charge in [0.15, 0.2) is 5.78 Å². The van der Waals surface area contributed by atoms with E-state index in [-0.39, 0.29) is 30.6 Å². The van der Waals surface area contributed by atoms with Crippen molar-refractivity contribution in [3.8, 4) is 0 Å². The van der Waals surface area contributed by atoms with Crippen molar-refractivity contribution in [1.82, 2.24) is 9.47 Å². The summed E-state index contributed by atoms with van der Waals surface area (Å²) in [5, 5.41) is 0. The summed E-state index contributed by atoms with van der Waals surface area (Å²) in [4.78, 5) is 38.5. The predicted molar refractivity (Wildman–Crippen MR) is 81.5 cm³/mol. The molecule has 5 heteroatoms. The Morgan fingerprint density at radius 2 is 1.86 bits per heavy atom. The molecule has 1 aromatic rings. The van der Waals surface area contributed by atoms with Crippen LogP contribution in [0.2, 0.25) is 0 Å². The van der Waals surface area contributed by atoms with Crippen LogP contribution in [0, 0.1) is 19.3 Å². The average molecular weight is 302 g/mol. The van der Waals surface area contributed by atoms with Gasteiger partial charge in [0.25, 0.3) is 0 Å². The smallest absolute Gasteiger partial charge is 0.236 e. The summed E-state index contributed by atoms with van der Waals surface area (Å²) in [5.74, 6) is -0.475. The van der Waals surface area contributed by atoms with Gasteiger partial charge in [-0.15, -0.1) is 0 Å². The first-order valence-electron chi connectivity index (χ1n) is 7.87. The third-order valence-electron chi connectivity index (χ3n) is 5.43. The highest BCUT2D eigenvalue weighted by Gasteiger charge is 2.52. The van der Waals surface area contributed by atoms with Crippen molar-refractivity contribution in [2.24, 2.45) is 12.5 Å². The van der Waals surface area contributed by atoms with Gasteiger partial charge in [-0.2, -0.15) is 0 Å². The number of nitrogens with zero attached hydrogens (tertiary/aromatic N) is 2. The maximum absolute atomic E-state index is 12.6. The van der Waals surface area contributed by atoms with Crippen LogP contribution in [0.4, 0.5) is 0 Å². The van der Waals surface area contributed by atoms with Gasteiger partial charge in [-0.25, -0.2) is 0 Å². The molecule has 1 saturated carbocycles. The number of hydrogen-bond acceptors (Lipinski definition) is 3. The quantitative estimate of drug-likeness (QED) is 0.635. The van der Waals surface area contributed by atoms with Crippen LogP contribution in [0.25, 0.3) is 0 Å². The first-order chi connectivity index (χ1) is 10.4. The van der Waals surface area contributed by atoms with Crippen molar-refractivity contribution in [2.75, 3.05) is 6.54 Å². The molecule has 0 aromatic carbocycles. The SMILES string of the molecule is Cc1cc(C(=O)CN2C(=O)CC3(CCCC3)C2=O)c(C)n1C. The van der Waals surface area contributed by atoms with Crippen LogP contribution < -0.4 is 0 Å². The molecule has 1 spiro atoms. The van der Waals surface area contributed by atoms with Crippen molar-refractivity contribution in [3.05, 3.63) is 23.0 Å². The fourth-order valence-electron chi connectivity index (χ4n) is 3.83. The Bertz CT molecular complexity index is 666. The Labute approximate surface area is 130 Å². The van der Waals surface area contributed by atoms with Gasteiger partial charge in [0.05, 0.1) is 12.0 Å². The normalized spacial score (nSPS) is 20.4. The fourth-order valence-corrected chi connectivity index (χ4v) is 3.83. The van der Waals surface area contributed by atoms with Gasteiger partial charge in [-0.05, 0) is 32.8 Å². The third kappa shape index (κ3) is 2.11. The van der Waals surface area contributed by atoms with Gasteiger partial charge < -0.3 is 4.57 Å². The average Bonchev–Trinajstić information content (AvgIpc) is 3.11. The fraction of sp³-hybridized carbons (Fsp3) is 0.588. The van der Waals surface area contributed by atoms with E-state index in [0.29, 0.717) is 5.56 Å². The molecule has 0 radical (unpaired) electrons. The van der Waals surface area contributed by atoms with E-state index in [0.717, 1.165) is 37.1 Å². The standard InChI is InChI=1S/C17H22N2O3/c1-11-8-13(12(2)18(11)3)14(20)10-19-15(21)9-17(16(19)22)6-4-5-7-17/h8H,4-7,9-10H2,1-3H3. The summed E-state index contributed by atoms with van der Waals surface area (Å²) >= 11 is 0. The monoisotopic (exact) mass is 302 g/mol. The van der Waals surface area contributed by atoms with Crippen LogP contribution in [0.5, 0.6) is 0 Å². The van der Waals surface area contributed by atoms with Crippen molar-refractivity contribution in [3.63, 3.8) is 0 Å². The lowest BCUT2D eigenvalue weighted by atomic mass is 9.84. The Morgan fingerprint density at radius 3 is 2.41 bits per heavy atom. The number of aromatic nitrogens is 1. The van der Waals surface area contributed by atoms with Crippen molar-refractivity contribution < 1.29 is 14.4 Å². The van der Waals surface area contributed by atoms with E-state index in [2.05, 4.69) is 0 Å². The number of rotatable bonds is 3. The number of Topliss-reactive ketones (excluding diaryl/α,β-unsaturated/α-hetero) is 1. The highest BCUT2D eigenvalue weighted by molar-refractivity contribution is 6.10. The van der Waals surface area contributed by atoms with E-state index in [4.69, 9.17) is 0 Å². The molecule has 1 aromatic heterocycles. The van der Waals surface area contributed by atoms with E-state index >= 15 is 0 Å². The summed E-state index contributed by atoms with van der Waals surface area (Å²) in [5.41, 5.74) is 1.97. The van der Waals surface area contributed by atoms with Crippen LogP contribution in [-0.4, -0.2) is 33.6 Å². The van der Waals surface area contributed by atoms with Crippen LogP contribution in [0.15, 0.2) is 6.07 Å². The molecule has 2 aliphatic rings. The van der Waals surface area contributed by atoms with Gasteiger partial charge in [0.1, 0.15) is 0 Å². The molecule has 3 rings (SSSR count). The minimum absolute atomic E-state index is 0.121. The number of amides is 2. The molecule has 5 nitrogen and oxygen atoms in total. The first kappa shape index (κ1) is 15.0. The first-order valence-corrected chi connectivity index (χ1v) is 7.87. The highest BCUT2D eigenvalue weighted by atomic mass is 16.2. The van der Waals surface area contributed by atoms with Crippen LogP contribution >= 0.6 is 0 Å². The second-order valence-corrected chi connectivity index (χ2v) is 6.72. The maximum Gasteiger partial charge on any atom is 0.236 e. The number of carbonyl (C=O) groups excluding carboxylic acids is 3. The van der Waals surface area contributed by atoms with Crippen LogP contribution in [0.3, 0.4) is 0 Å². The van der Waals surface area contributed by atoms with Crippen molar-refractivity contribution >= 4 is 17.6 Å². The molecule has 1 aliphatic carbocycles. The summed E-state index contributed by atoms with van der Waals surface area (Å²) in [6.45, 7) is 3.69. The molecule has 0 unspecified atom stereocenters. The van der Waals surface area contributed by atoms with Crippen LogP contribution in [-0.2, 0) is 16.6 Å². The Kier molecular flexibility index (Phi) is 3.46. The zero-order chi connectivity index (χ0) is 16.1. The molecule has 2 fully saturated rings. The predicted octanol–water partition coefficient (Wildman–Crippen LogP) is 2.14. The van der Waals surface area contributed by atoms with Crippen molar-refractivity contribution in [2.45, 2.75) is 46.0 Å². The van der Waals surface area contributed by atoms with Gasteiger partial charge in [-0.3, -0.25) is 19.3 Å². The zero-order valence-electron chi connectivity index (χ0n) is 13.4. The largest absolute Gasteiger partial charge is 0.351 e. The molecule has 118 valence electrons. The molecular formula is C17H22N2O3. The minimum Gasteiger partial charge on any atom is -0.351 e. The highest BCUT2D eigenvalue weighted by Crippen LogP contribution is 2.46. The third-order valence-corrected chi connectivity index (χ3v) is 5.43. The minimum atomic E-state index is -0.501. The van der Waals surface area contributed by atoms with E-state index < -0.39 is 5.41 Å². The second-order valence-electron chi connectivity index (χ2n) is 6.72. The summed E-state index contributed by atoms with van der Waals surface area (Å²) in [6, 6.07) is 1.83. The van der Waals surface area contributed by atoms with Gasteiger partial charge in [-0.1, -0.05) is 12.8 Å². The lowest BCUT2D eigenvalue weighted by molar-refractivity contribution is -0.140. The Hall–Kier alpha value is -1.91. The molecule has 1 saturated heterocycles. The number of ketones is 1. The van der Waals surface area contributed by atoms with E-state index in [9.17, 15) is 14.4 Å². The molecule has 22 heavy (non-hydrogen) atoms. The number of carbonyl (C=O) groups is 3. The van der Waals surface area contributed by atoms with Gasteiger partial charge in [0.2, 0.25) is 11.8 Å². The molecule has 0 atom stereocenters. The van der Waals surface area contributed by atoms with E-state index in [1.807, 2.05) is 31.5 Å². The molecule has 1 aliphatic heterocycles. The molecule has 0 N–H and O–H groups in total. The molecular weight excluding hydrogens is 280 g/mol. The summed E-state index contributed by atoms with van der Waals surface area (Å²) in [6.07, 6.45) is 3.85. The maximum atomic E-state index is 12.6. The topological polar surface area (TPSA) is 59.4 Å². The van der Waals surface area contributed by atoms with E-state index in [1.54, 1.807) is 0 Å². The number of likely N-dealkylation sites (tertiary alicyclic amines) is 1. The lowest BCUT2D eigenvalue weighted by Gasteiger charge is -2.20. The number of hydrogen-bond donors (Lipinski definition) is 0. The summed E-state index contributed by atoms with van der Waals surface area (Å²) in [7, 11) is 1.90. The lowest BCUT2D eigenvalue weighted by Crippen LogP contribution is -2.38. The number of aryl methyl sites for hydroxylation is 1. The van der Waals surface area contributed by atoms with Crippen molar-refractivity contribution in [1.29, 1.82) is 0 Å². The molecule has 2 heterocycles. The van der Waals surface area contributed by atoms with Crippen LogP contribution in [0.1, 0.15) is 53.8 Å². The Morgan fingerprint density at radius 1 is 1.23 bits per heavy atom. The second kappa shape index (κ2) is 5.07.